The minimum atomic E-state index is -3.42. The first-order valence-electron chi connectivity index (χ1n) is 7.57. The quantitative estimate of drug-likeness (QED) is 0.392. The second kappa shape index (κ2) is 7.63. The lowest BCUT2D eigenvalue weighted by Gasteiger charge is -2.29. The Bertz CT molecular complexity index is 731. The molecule has 0 unspecified atom stereocenters. The topological polar surface area (TPSA) is 113 Å². The van der Waals surface area contributed by atoms with E-state index in [9.17, 15) is 18.0 Å². The summed E-state index contributed by atoms with van der Waals surface area (Å²) in [4.78, 5) is 25.2. The fourth-order valence-electron chi connectivity index (χ4n) is 2.27. The summed E-state index contributed by atoms with van der Waals surface area (Å²) in [7, 11) is -3.42. The summed E-state index contributed by atoms with van der Waals surface area (Å²) < 4.78 is 29.0. The minimum absolute atomic E-state index is 0.0200. The number of aliphatic hydroxyl groups excluding tert-OH is 1. The van der Waals surface area contributed by atoms with E-state index in [0.29, 0.717) is 18.7 Å². The second-order valence-corrected chi connectivity index (χ2v) is 7.57. The highest BCUT2D eigenvalue weighted by atomic mass is 32.2. The Morgan fingerprint density at radius 3 is 2.83 bits per heavy atom. The molecule has 0 atom stereocenters. The molecule has 0 aliphatic carbocycles. The summed E-state index contributed by atoms with van der Waals surface area (Å²) in [6.45, 7) is 1.69. The predicted octanol–water partition coefficient (Wildman–Crippen LogP) is -0.296. The van der Waals surface area contributed by atoms with E-state index in [2.05, 4.69) is 5.32 Å². The highest BCUT2D eigenvalue weighted by Gasteiger charge is 2.27. The Kier molecular flexibility index (Phi) is 5.79. The van der Waals surface area contributed by atoms with Gasteiger partial charge in [-0.1, -0.05) is 6.92 Å². The third-order valence-electron chi connectivity index (χ3n) is 3.55. The first kappa shape index (κ1) is 18.2. The van der Waals surface area contributed by atoms with E-state index < -0.39 is 15.8 Å². The van der Waals surface area contributed by atoms with E-state index >= 15 is 0 Å². The van der Waals surface area contributed by atoms with Crippen LogP contribution in [0.25, 0.3) is 0 Å². The SMILES string of the molecule is CCS(=O)(=O)c1ccc2c(c1)OC(=O)CN2CC(=O)NCCCO. The molecule has 1 aliphatic rings. The molecular weight excluding hydrogens is 336 g/mol. The van der Waals surface area contributed by atoms with Gasteiger partial charge in [0, 0.05) is 19.2 Å². The number of esters is 1. The summed E-state index contributed by atoms with van der Waals surface area (Å²) in [6, 6.07) is 4.28. The van der Waals surface area contributed by atoms with Crippen molar-refractivity contribution in [3.8, 4) is 5.75 Å². The van der Waals surface area contributed by atoms with Crippen LogP contribution < -0.4 is 15.0 Å². The highest BCUT2D eigenvalue weighted by molar-refractivity contribution is 7.91. The van der Waals surface area contributed by atoms with E-state index in [1.54, 1.807) is 0 Å². The Morgan fingerprint density at radius 2 is 2.17 bits per heavy atom. The zero-order valence-electron chi connectivity index (χ0n) is 13.3. The number of hydrogen-bond donors (Lipinski definition) is 2. The van der Waals surface area contributed by atoms with Gasteiger partial charge in [-0.05, 0) is 18.6 Å². The van der Waals surface area contributed by atoms with E-state index in [1.165, 1.54) is 30.0 Å². The van der Waals surface area contributed by atoms with Crippen molar-refractivity contribution in [2.45, 2.75) is 18.2 Å². The van der Waals surface area contributed by atoms with Crippen LogP contribution in [-0.4, -0.2) is 57.4 Å². The fraction of sp³-hybridized carbons (Fsp3) is 0.467. The van der Waals surface area contributed by atoms with Crippen LogP contribution in [0.5, 0.6) is 5.75 Å². The summed E-state index contributed by atoms with van der Waals surface area (Å²) in [5.41, 5.74) is 0.488. The summed E-state index contributed by atoms with van der Waals surface area (Å²) in [5.74, 6) is -0.786. The molecule has 1 heterocycles. The number of hydrogen-bond acceptors (Lipinski definition) is 7. The lowest BCUT2D eigenvalue weighted by Crippen LogP contribution is -2.43. The van der Waals surface area contributed by atoms with Crippen molar-refractivity contribution in [2.75, 3.05) is 36.9 Å². The number of amides is 1. The van der Waals surface area contributed by atoms with Crippen LogP contribution in [0.3, 0.4) is 0 Å². The van der Waals surface area contributed by atoms with Crippen molar-refractivity contribution in [1.82, 2.24) is 5.32 Å². The standard InChI is InChI=1S/C15H20N2O6S/c1-2-24(21,22)11-4-5-12-13(8-11)23-15(20)10-17(12)9-14(19)16-6-3-7-18/h4-5,8,18H,2-3,6-7,9-10H2,1H3,(H,16,19). The van der Waals surface area contributed by atoms with E-state index in [0.717, 1.165) is 0 Å². The Hall–Kier alpha value is -2.13. The van der Waals surface area contributed by atoms with Crippen molar-refractivity contribution in [2.24, 2.45) is 0 Å². The zero-order valence-corrected chi connectivity index (χ0v) is 14.1. The molecule has 2 N–H and O–H groups in total. The average molecular weight is 356 g/mol. The number of fused-ring (bicyclic) bond motifs is 1. The highest BCUT2D eigenvalue weighted by Crippen LogP contribution is 2.34. The van der Waals surface area contributed by atoms with Crippen molar-refractivity contribution in [1.29, 1.82) is 0 Å². The van der Waals surface area contributed by atoms with Crippen LogP contribution in [0.4, 0.5) is 5.69 Å². The van der Waals surface area contributed by atoms with Gasteiger partial charge in [0.1, 0.15) is 6.54 Å². The number of carbonyl (C=O) groups is 2. The molecule has 0 aromatic heterocycles. The van der Waals surface area contributed by atoms with Gasteiger partial charge in [0.05, 0.1) is 22.9 Å². The van der Waals surface area contributed by atoms with Gasteiger partial charge in [-0.2, -0.15) is 0 Å². The molecule has 0 saturated heterocycles. The van der Waals surface area contributed by atoms with E-state index in [4.69, 9.17) is 9.84 Å². The Morgan fingerprint density at radius 1 is 1.42 bits per heavy atom. The molecule has 9 heteroatoms. The molecule has 132 valence electrons. The summed E-state index contributed by atoms with van der Waals surface area (Å²) >= 11 is 0. The number of nitrogens with one attached hydrogen (secondary N) is 1. The third-order valence-corrected chi connectivity index (χ3v) is 5.28. The number of aliphatic hydroxyl groups is 1. The molecule has 2 rings (SSSR count). The number of anilines is 1. The number of carbonyl (C=O) groups excluding carboxylic acids is 2. The smallest absolute Gasteiger partial charge is 0.331 e. The molecule has 0 saturated carbocycles. The van der Waals surface area contributed by atoms with Gasteiger partial charge < -0.3 is 20.1 Å². The van der Waals surface area contributed by atoms with Crippen molar-refractivity contribution in [3.05, 3.63) is 18.2 Å². The fourth-order valence-corrected chi connectivity index (χ4v) is 3.17. The average Bonchev–Trinajstić information content (AvgIpc) is 2.54. The Balaban J connectivity index is 2.20. The molecule has 1 aliphatic heterocycles. The number of benzene rings is 1. The van der Waals surface area contributed by atoms with Crippen LogP contribution in [0.1, 0.15) is 13.3 Å². The first-order valence-corrected chi connectivity index (χ1v) is 9.22. The van der Waals surface area contributed by atoms with Gasteiger partial charge in [-0.15, -0.1) is 0 Å². The van der Waals surface area contributed by atoms with Gasteiger partial charge in [-0.25, -0.2) is 13.2 Å². The van der Waals surface area contributed by atoms with Gasteiger partial charge in [0.15, 0.2) is 15.6 Å². The minimum Gasteiger partial charge on any atom is -0.423 e. The molecule has 0 spiro atoms. The van der Waals surface area contributed by atoms with Gasteiger partial charge in [0.25, 0.3) is 0 Å². The summed E-state index contributed by atoms with van der Waals surface area (Å²) in [6.07, 6.45) is 0.447. The molecule has 24 heavy (non-hydrogen) atoms. The maximum Gasteiger partial charge on any atom is 0.331 e. The van der Waals surface area contributed by atoms with Crippen molar-refractivity contribution >= 4 is 27.4 Å². The van der Waals surface area contributed by atoms with E-state index in [-0.39, 0.29) is 42.0 Å². The maximum absolute atomic E-state index is 11.9. The van der Waals surface area contributed by atoms with Crippen LogP contribution in [0, 0.1) is 0 Å². The molecule has 0 radical (unpaired) electrons. The molecule has 8 nitrogen and oxygen atoms in total. The van der Waals surface area contributed by atoms with Gasteiger partial charge in [-0.3, -0.25) is 4.79 Å². The molecular formula is C15H20N2O6S. The normalized spacial score (nSPS) is 14.1. The van der Waals surface area contributed by atoms with Crippen molar-refractivity contribution in [3.63, 3.8) is 0 Å². The largest absolute Gasteiger partial charge is 0.423 e. The molecule has 1 aromatic rings. The Labute approximate surface area is 140 Å². The molecule has 1 aromatic carbocycles. The predicted molar refractivity (Wildman–Crippen MR) is 86.7 cm³/mol. The molecule has 0 bridgehead atoms. The first-order chi connectivity index (χ1) is 11.4. The van der Waals surface area contributed by atoms with Crippen LogP contribution in [0.15, 0.2) is 23.1 Å². The lowest BCUT2D eigenvalue weighted by atomic mass is 10.2. The van der Waals surface area contributed by atoms with Crippen LogP contribution >= 0.6 is 0 Å². The third kappa shape index (κ3) is 4.24. The number of nitrogens with zero attached hydrogens (tertiary/aromatic N) is 1. The van der Waals surface area contributed by atoms with Crippen molar-refractivity contribution < 1.29 is 27.9 Å². The number of ether oxygens (including phenoxy) is 1. The monoisotopic (exact) mass is 356 g/mol. The number of sulfone groups is 1. The lowest BCUT2D eigenvalue weighted by molar-refractivity contribution is -0.133. The van der Waals surface area contributed by atoms with Crippen LogP contribution in [0.2, 0.25) is 0 Å². The molecule has 0 fully saturated rings. The van der Waals surface area contributed by atoms with Crippen LogP contribution in [-0.2, 0) is 19.4 Å². The van der Waals surface area contributed by atoms with Gasteiger partial charge >= 0.3 is 5.97 Å². The van der Waals surface area contributed by atoms with E-state index in [1.807, 2.05) is 0 Å². The maximum atomic E-state index is 11.9. The zero-order chi connectivity index (χ0) is 17.7. The summed E-state index contributed by atoms with van der Waals surface area (Å²) in [5, 5.41) is 11.3. The second-order valence-electron chi connectivity index (χ2n) is 5.29. The molecule has 1 amide bonds. The van der Waals surface area contributed by atoms with Gasteiger partial charge in [0.2, 0.25) is 5.91 Å². The number of rotatable bonds is 7.